The quantitative estimate of drug-likeness (QED) is 0.623. The normalized spacial score (nSPS) is 19.7. The third-order valence-electron chi connectivity index (χ3n) is 2.91. The van der Waals surface area contributed by atoms with Crippen molar-refractivity contribution >= 4 is 5.97 Å². The summed E-state index contributed by atoms with van der Waals surface area (Å²) in [7, 11) is 0. The van der Waals surface area contributed by atoms with Crippen LogP contribution in [-0.2, 0) is 11.2 Å². The van der Waals surface area contributed by atoms with Crippen LogP contribution in [0.4, 0.5) is 0 Å². The lowest BCUT2D eigenvalue weighted by Crippen LogP contribution is -2.34. The van der Waals surface area contributed by atoms with E-state index in [0.717, 1.165) is 31.4 Å². The Bertz CT molecular complexity index is 370. The second-order valence-corrected chi connectivity index (χ2v) is 4.03. The molecule has 1 fully saturated rings. The van der Waals surface area contributed by atoms with Gasteiger partial charge in [-0.3, -0.25) is 0 Å². The molecule has 2 rings (SSSR count). The van der Waals surface area contributed by atoms with Crippen molar-refractivity contribution in [2.24, 2.45) is 0 Å². The molecule has 3 nitrogen and oxygen atoms in total. The van der Waals surface area contributed by atoms with E-state index in [1.807, 2.05) is 24.3 Å². The molecule has 0 bridgehead atoms. The summed E-state index contributed by atoms with van der Waals surface area (Å²) in [6, 6.07) is 7.58. The standard InChI is InChI=1S/C13H17NO2/c1-2-10-6-3-4-8-12(10)16-13(15)11-7-5-9-14-11/h3-4,6,8,11,14H,2,5,7,9H2,1H3. The molecule has 0 saturated carbocycles. The second kappa shape index (κ2) is 5.12. The van der Waals surface area contributed by atoms with Crippen molar-refractivity contribution < 1.29 is 9.53 Å². The minimum Gasteiger partial charge on any atom is -0.425 e. The highest BCUT2D eigenvalue weighted by Crippen LogP contribution is 2.19. The van der Waals surface area contributed by atoms with Gasteiger partial charge in [-0.2, -0.15) is 0 Å². The van der Waals surface area contributed by atoms with Crippen molar-refractivity contribution in [1.29, 1.82) is 0 Å². The number of esters is 1. The molecule has 1 aromatic rings. The Hall–Kier alpha value is -1.35. The molecular formula is C13H17NO2. The van der Waals surface area contributed by atoms with Gasteiger partial charge in [-0.25, -0.2) is 4.79 Å². The van der Waals surface area contributed by atoms with Crippen LogP contribution in [0.2, 0.25) is 0 Å². The molecule has 0 aromatic heterocycles. The number of benzene rings is 1. The highest BCUT2D eigenvalue weighted by Gasteiger charge is 2.24. The number of rotatable bonds is 3. The molecule has 86 valence electrons. The first-order valence-electron chi connectivity index (χ1n) is 5.84. The number of hydrogen-bond donors (Lipinski definition) is 1. The zero-order chi connectivity index (χ0) is 11.4. The van der Waals surface area contributed by atoms with E-state index in [2.05, 4.69) is 12.2 Å². The Morgan fingerprint density at radius 1 is 1.50 bits per heavy atom. The SMILES string of the molecule is CCc1ccccc1OC(=O)C1CCCN1. The van der Waals surface area contributed by atoms with Crippen LogP contribution >= 0.6 is 0 Å². The maximum atomic E-state index is 11.8. The largest absolute Gasteiger partial charge is 0.425 e. The summed E-state index contributed by atoms with van der Waals surface area (Å²) in [4.78, 5) is 11.8. The van der Waals surface area contributed by atoms with Crippen molar-refractivity contribution in [2.45, 2.75) is 32.2 Å². The van der Waals surface area contributed by atoms with Gasteiger partial charge in [-0.05, 0) is 37.4 Å². The van der Waals surface area contributed by atoms with Crippen molar-refractivity contribution in [1.82, 2.24) is 5.32 Å². The predicted octanol–water partition coefficient (Wildman–Crippen LogP) is 1.91. The van der Waals surface area contributed by atoms with E-state index in [4.69, 9.17) is 4.74 Å². The zero-order valence-corrected chi connectivity index (χ0v) is 9.53. The Morgan fingerprint density at radius 3 is 3.00 bits per heavy atom. The van der Waals surface area contributed by atoms with Crippen LogP contribution in [0.1, 0.15) is 25.3 Å². The summed E-state index contributed by atoms with van der Waals surface area (Å²) >= 11 is 0. The zero-order valence-electron chi connectivity index (χ0n) is 9.53. The number of carbonyl (C=O) groups is 1. The molecule has 3 heteroatoms. The molecule has 16 heavy (non-hydrogen) atoms. The minimum atomic E-state index is -0.154. The highest BCUT2D eigenvalue weighted by atomic mass is 16.5. The van der Waals surface area contributed by atoms with Crippen LogP contribution in [0.25, 0.3) is 0 Å². The summed E-state index contributed by atoms with van der Waals surface area (Å²) in [6.07, 6.45) is 2.81. The van der Waals surface area contributed by atoms with E-state index in [0.29, 0.717) is 5.75 Å². The molecule has 0 amide bonds. The average Bonchev–Trinajstić information content (AvgIpc) is 2.83. The Balaban J connectivity index is 2.05. The Labute approximate surface area is 95.8 Å². The number of para-hydroxylation sites is 1. The summed E-state index contributed by atoms with van der Waals surface area (Å²) in [5.41, 5.74) is 1.08. The van der Waals surface area contributed by atoms with Gasteiger partial charge in [-0.15, -0.1) is 0 Å². The molecule has 1 atom stereocenters. The molecule has 0 radical (unpaired) electrons. The molecular weight excluding hydrogens is 202 g/mol. The van der Waals surface area contributed by atoms with Crippen LogP contribution in [-0.4, -0.2) is 18.6 Å². The lowest BCUT2D eigenvalue weighted by molar-refractivity contribution is -0.136. The maximum absolute atomic E-state index is 11.8. The summed E-state index contributed by atoms with van der Waals surface area (Å²) < 4.78 is 5.42. The first-order valence-corrected chi connectivity index (χ1v) is 5.84. The number of carbonyl (C=O) groups excluding carboxylic acids is 1. The fraction of sp³-hybridized carbons (Fsp3) is 0.462. The van der Waals surface area contributed by atoms with E-state index >= 15 is 0 Å². The van der Waals surface area contributed by atoms with E-state index in [1.165, 1.54) is 0 Å². The molecule has 1 unspecified atom stereocenters. The van der Waals surface area contributed by atoms with Gasteiger partial charge < -0.3 is 10.1 Å². The van der Waals surface area contributed by atoms with E-state index in [9.17, 15) is 4.79 Å². The van der Waals surface area contributed by atoms with E-state index in [-0.39, 0.29) is 12.0 Å². The third-order valence-corrected chi connectivity index (χ3v) is 2.91. The van der Waals surface area contributed by atoms with Crippen LogP contribution in [0.5, 0.6) is 5.75 Å². The highest BCUT2D eigenvalue weighted by molar-refractivity contribution is 5.78. The lowest BCUT2D eigenvalue weighted by Gasteiger charge is -2.12. The predicted molar refractivity (Wildman–Crippen MR) is 62.5 cm³/mol. The summed E-state index contributed by atoms with van der Waals surface area (Å²) in [5.74, 6) is 0.544. The minimum absolute atomic E-state index is 0.120. The smallest absolute Gasteiger partial charge is 0.328 e. The monoisotopic (exact) mass is 219 g/mol. The molecule has 0 aliphatic carbocycles. The number of hydrogen-bond acceptors (Lipinski definition) is 3. The summed E-state index contributed by atoms with van der Waals surface area (Å²) in [6.45, 7) is 2.97. The van der Waals surface area contributed by atoms with Gasteiger partial charge >= 0.3 is 5.97 Å². The van der Waals surface area contributed by atoms with Crippen molar-refractivity contribution in [2.75, 3.05) is 6.54 Å². The van der Waals surface area contributed by atoms with Gasteiger partial charge in [0.1, 0.15) is 11.8 Å². The summed E-state index contributed by atoms with van der Waals surface area (Å²) in [5, 5.41) is 3.14. The van der Waals surface area contributed by atoms with Crippen LogP contribution in [0.3, 0.4) is 0 Å². The third kappa shape index (κ3) is 2.42. The average molecular weight is 219 g/mol. The Kier molecular flexibility index (Phi) is 3.57. The number of aryl methyl sites for hydroxylation is 1. The second-order valence-electron chi connectivity index (χ2n) is 4.03. The van der Waals surface area contributed by atoms with Gasteiger partial charge in [0.2, 0.25) is 0 Å². The van der Waals surface area contributed by atoms with Crippen LogP contribution in [0.15, 0.2) is 24.3 Å². The molecule has 1 N–H and O–H groups in total. The fourth-order valence-electron chi connectivity index (χ4n) is 1.96. The van der Waals surface area contributed by atoms with Crippen LogP contribution < -0.4 is 10.1 Å². The van der Waals surface area contributed by atoms with Gasteiger partial charge in [0, 0.05) is 0 Å². The maximum Gasteiger partial charge on any atom is 0.328 e. The van der Waals surface area contributed by atoms with E-state index < -0.39 is 0 Å². The van der Waals surface area contributed by atoms with Gasteiger partial charge in [-0.1, -0.05) is 25.1 Å². The van der Waals surface area contributed by atoms with Crippen molar-refractivity contribution in [3.8, 4) is 5.75 Å². The molecule has 1 heterocycles. The fourth-order valence-corrected chi connectivity index (χ4v) is 1.96. The molecule has 1 aliphatic rings. The number of ether oxygens (including phenoxy) is 1. The molecule has 1 aromatic carbocycles. The topological polar surface area (TPSA) is 38.3 Å². The first kappa shape index (κ1) is 11.1. The molecule has 0 spiro atoms. The van der Waals surface area contributed by atoms with E-state index in [1.54, 1.807) is 0 Å². The van der Waals surface area contributed by atoms with Crippen molar-refractivity contribution in [3.05, 3.63) is 29.8 Å². The van der Waals surface area contributed by atoms with Crippen LogP contribution in [0, 0.1) is 0 Å². The van der Waals surface area contributed by atoms with Crippen molar-refractivity contribution in [3.63, 3.8) is 0 Å². The van der Waals surface area contributed by atoms with Gasteiger partial charge in [0.25, 0.3) is 0 Å². The lowest BCUT2D eigenvalue weighted by atomic mass is 10.1. The molecule has 1 aliphatic heterocycles. The van der Waals surface area contributed by atoms with Gasteiger partial charge in [0.05, 0.1) is 0 Å². The van der Waals surface area contributed by atoms with Gasteiger partial charge in [0.15, 0.2) is 0 Å². The molecule has 1 saturated heterocycles. The number of nitrogens with one attached hydrogen (secondary N) is 1. The first-order chi connectivity index (χ1) is 7.81. The Morgan fingerprint density at radius 2 is 2.31 bits per heavy atom.